The van der Waals surface area contributed by atoms with Crippen LogP contribution < -0.4 is 10.2 Å². The maximum atomic E-state index is 5.00. The van der Waals surface area contributed by atoms with Crippen LogP contribution in [0.2, 0.25) is 0 Å². The topological polar surface area (TPSA) is 28.2 Å². The molecule has 0 saturated heterocycles. The van der Waals surface area contributed by atoms with Crippen molar-refractivity contribution in [3.63, 3.8) is 0 Å². The summed E-state index contributed by atoms with van der Waals surface area (Å²) in [6.07, 6.45) is 6.26. The van der Waals surface area contributed by atoms with E-state index in [1.807, 2.05) is 11.3 Å². The predicted octanol–water partition coefficient (Wildman–Crippen LogP) is 4.22. The molecule has 1 aliphatic carbocycles. The molecule has 4 heteroatoms. The Morgan fingerprint density at radius 1 is 1.33 bits per heavy atom. The number of hydrogen-bond donors (Lipinski definition) is 1. The molecule has 3 nitrogen and oxygen atoms in total. The van der Waals surface area contributed by atoms with Crippen molar-refractivity contribution >= 4 is 16.5 Å². The number of aryl methyl sites for hydroxylation is 1. The molecular formula is C17H31N3S. The monoisotopic (exact) mass is 309 g/mol. The Hall–Kier alpha value is -0.610. The minimum Gasteiger partial charge on any atom is -0.345 e. The molecule has 1 aromatic rings. The lowest BCUT2D eigenvalue weighted by molar-refractivity contribution is 0.570. The van der Waals surface area contributed by atoms with E-state index in [0.717, 1.165) is 31.5 Å². The molecule has 0 spiro atoms. The van der Waals surface area contributed by atoms with Crippen LogP contribution in [0.4, 0.5) is 5.13 Å². The molecule has 1 heterocycles. The van der Waals surface area contributed by atoms with Crippen LogP contribution in [0.15, 0.2) is 0 Å². The molecule has 0 unspecified atom stereocenters. The van der Waals surface area contributed by atoms with Crippen molar-refractivity contribution < 1.29 is 0 Å². The molecular weight excluding hydrogens is 278 g/mol. The van der Waals surface area contributed by atoms with Crippen LogP contribution in [0.1, 0.15) is 63.9 Å². The maximum Gasteiger partial charge on any atom is 0.186 e. The van der Waals surface area contributed by atoms with Crippen molar-refractivity contribution in [2.24, 2.45) is 5.92 Å². The normalized spacial score (nSPS) is 14.9. The molecule has 0 atom stereocenters. The summed E-state index contributed by atoms with van der Waals surface area (Å²) in [5.74, 6) is 0.766. The van der Waals surface area contributed by atoms with E-state index in [1.165, 1.54) is 47.9 Å². The fraction of sp³-hybridized carbons (Fsp3) is 0.824. The average molecular weight is 310 g/mol. The van der Waals surface area contributed by atoms with Gasteiger partial charge in [-0.15, -0.1) is 11.3 Å². The third kappa shape index (κ3) is 4.96. The van der Waals surface area contributed by atoms with Crippen molar-refractivity contribution in [1.82, 2.24) is 10.3 Å². The highest BCUT2D eigenvalue weighted by molar-refractivity contribution is 7.15. The quantitative estimate of drug-likeness (QED) is 0.701. The Morgan fingerprint density at radius 3 is 2.67 bits per heavy atom. The first kappa shape index (κ1) is 16.8. The van der Waals surface area contributed by atoms with Crippen LogP contribution in [0.3, 0.4) is 0 Å². The molecule has 0 bridgehead atoms. The summed E-state index contributed by atoms with van der Waals surface area (Å²) in [6, 6.07) is 0.761. The summed E-state index contributed by atoms with van der Waals surface area (Å²) in [4.78, 5) is 9.03. The van der Waals surface area contributed by atoms with Gasteiger partial charge in [0.05, 0.1) is 5.69 Å². The van der Waals surface area contributed by atoms with E-state index >= 15 is 0 Å². The smallest absolute Gasteiger partial charge is 0.186 e. The summed E-state index contributed by atoms with van der Waals surface area (Å²) in [5, 5.41) is 4.74. The van der Waals surface area contributed by atoms with Gasteiger partial charge in [-0.25, -0.2) is 4.98 Å². The third-order valence-corrected chi connectivity index (χ3v) is 5.10. The number of aromatic nitrogens is 1. The Morgan fingerprint density at radius 2 is 2.10 bits per heavy atom. The van der Waals surface area contributed by atoms with E-state index in [1.54, 1.807) is 0 Å². The summed E-state index contributed by atoms with van der Waals surface area (Å²) in [6.45, 7) is 12.2. The van der Waals surface area contributed by atoms with Gasteiger partial charge < -0.3 is 10.2 Å². The van der Waals surface area contributed by atoms with Gasteiger partial charge in [-0.2, -0.15) is 0 Å². The highest BCUT2D eigenvalue weighted by atomic mass is 32.1. The number of rotatable bonds is 10. The first-order valence-electron chi connectivity index (χ1n) is 8.61. The van der Waals surface area contributed by atoms with Crippen LogP contribution in [0, 0.1) is 5.92 Å². The highest BCUT2D eigenvalue weighted by Crippen LogP contribution is 2.36. The summed E-state index contributed by atoms with van der Waals surface area (Å²) >= 11 is 1.92. The molecule has 0 radical (unpaired) electrons. The standard InChI is InChI=1S/C17H31N3S/c1-5-7-15-16(12-18-6-2)21-17(19-15)20(14-8-9-14)11-10-13(3)4/h13-14,18H,5-12H2,1-4H3. The van der Waals surface area contributed by atoms with Crippen LogP contribution in [0.5, 0.6) is 0 Å². The molecule has 120 valence electrons. The van der Waals surface area contributed by atoms with Crippen molar-refractivity contribution in [3.8, 4) is 0 Å². The lowest BCUT2D eigenvalue weighted by Crippen LogP contribution is -2.27. The lowest BCUT2D eigenvalue weighted by Gasteiger charge is -2.22. The second-order valence-electron chi connectivity index (χ2n) is 6.50. The van der Waals surface area contributed by atoms with Gasteiger partial charge in [0.1, 0.15) is 0 Å². The summed E-state index contributed by atoms with van der Waals surface area (Å²) in [5.41, 5.74) is 1.33. The van der Waals surface area contributed by atoms with Crippen LogP contribution in [0.25, 0.3) is 0 Å². The fourth-order valence-electron chi connectivity index (χ4n) is 2.52. The molecule has 0 amide bonds. The molecule has 1 fully saturated rings. The van der Waals surface area contributed by atoms with Gasteiger partial charge in [0.15, 0.2) is 5.13 Å². The molecule has 1 N–H and O–H groups in total. The number of thiazole rings is 1. The van der Waals surface area contributed by atoms with Crippen molar-refractivity contribution in [2.45, 2.75) is 72.4 Å². The van der Waals surface area contributed by atoms with Gasteiger partial charge in [-0.3, -0.25) is 0 Å². The SMILES string of the molecule is CCCc1nc(N(CCC(C)C)C2CC2)sc1CNCC. The second kappa shape index (κ2) is 8.14. The summed E-state index contributed by atoms with van der Waals surface area (Å²) in [7, 11) is 0. The third-order valence-electron chi connectivity index (χ3n) is 3.97. The molecule has 0 aliphatic heterocycles. The Labute approximate surface area is 134 Å². The zero-order valence-electron chi connectivity index (χ0n) is 14.1. The average Bonchev–Trinajstić information content (AvgIpc) is 3.20. The molecule has 1 aromatic heterocycles. The molecule has 1 aliphatic rings. The van der Waals surface area contributed by atoms with Crippen molar-refractivity contribution in [1.29, 1.82) is 0 Å². The van der Waals surface area contributed by atoms with Crippen LogP contribution in [-0.2, 0) is 13.0 Å². The Balaban J connectivity index is 2.11. The van der Waals surface area contributed by atoms with Crippen molar-refractivity contribution in [3.05, 3.63) is 10.6 Å². The number of hydrogen-bond acceptors (Lipinski definition) is 4. The number of nitrogens with one attached hydrogen (secondary N) is 1. The van der Waals surface area contributed by atoms with Gasteiger partial charge >= 0.3 is 0 Å². The van der Waals surface area contributed by atoms with Crippen molar-refractivity contribution in [2.75, 3.05) is 18.0 Å². The number of anilines is 1. The largest absolute Gasteiger partial charge is 0.345 e. The summed E-state index contributed by atoms with van der Waals surface area (Å²) < 4.78 is 0. The van der Waals surface area contributed by atoms with E-state index in [-0.39, 0.29) is 0 Å². The zero-order valence-corrected chi connectivity index (χ0v) is 14.9. The van der Waals surface area contributed by atoms with E-state index in [0.29, 0.717) is 0 Å². The van der Waals surface area contributed by atoms with E-state index in [9.17, 15) is 0 Å². The lowest BCUT2D eigenvalue weighted by atomic mass is 10.1. The minimum absolute atomic E-state index is 0.761. The van der Waals surface area contributed by atoms with Crippen LogP contribution >= 0.6 is 11.3 Å². The first-order valence-corrected chi connectivity index (χ1v) is 9.43. The second-order valence-corrected chi connectivity index (χ2v) is 7.57. The molecule has 1 saturated carbocycles. The van der Waals surface area contributed by atoms with Gasteiger partial charge in [-0.1, -0.05) is 34.1 Å². The molecule has 0 aromatic carbocycles. The molecule has 21 heavy (non-hydrogen) atoms. The van der Waals surface area contributed by atoms with Gasteiger partial charge in [0.2, 0.25) is 0 Å². The maximum absolute atomic E-state index is 5.00. The van der Waals surface area contributed by atoms with Crippen LogP contribution in [-0.4, -0.2) is 24.1 Å². The van der Waals surface area contributed by atoms with E-state index < -0.39 is 0 Å². The minimum atomic E-state index is 0.761. The zero-order chi connectivity index (χ0) is 15.2. The number of nitrogens with zero attached hydrogens (tertiary/aromatic N) is 2. The van der Waals surface area contributed by atoms with Gasteiger partial charge in [0.25, 0.3) is 0 Å². The highest BCUT2D eigenvalue weighted by Gasteiger charge is 2.31. The Bertz CT molecular complexity index is 424. The first-order chi connectivity index (χ1) is 10.2. The predicted molar refractivity (Wildman–Crippen MR) is 93.3 cm³/mol. The van der Waals surface area contributed by atoms with E-state index in [2.05, 4.69) is 37.9 Å². The molecule has 2 rings (SSSR count). The van der Waals surface area contributed by atoms with Gasteiger partial charge in [0, 0.05) is 24.0 Å². The fourth-order valence-corrected chi connectivity index (χ4v) is 3.69. The van der Waals surface area contributed by atoms with Gasteiger partial charge in [-0.05, 0) is 38.1 Å². The Kier molecular flexibility index (Phi) is 6.49. The van der Waals surface area contributed by atoms with E-state index in [4.69, 9.17) is 4.98 Å².